The number of methoxy groups -OCH3 is 1. The molecule has 0 bridgehead atoms. The number of halogens is 3. The molecule has 31 heavy (non-hydrogen) atoms. The number of rotatable bonds is 10. The highest BCUT2D eigenvalue weighted by Crippen LogP contribution is 2.28. The summed E-state index contributed by atoms with van der Waals surface area (Å²) >= 11 is 0. The van der Waals surface area contributed by atoms with E-state index >= 15 is 0 Å². The van der Waals surface area contributed by atoms with Crippen molar-refractivity contribution in [1.29, 1.82) is 0 Å². The van der Waals surface area contributed by atoms with E-state index in [0.29, 0.717) is 24.4 Å². The lowest BCUT2D eigenvalue weighted by Crippen LogP contribution is -2.34. The zero-order valence-corrected chi connectivity index (χ0v) is 17.0. The number of nitrogens with one attached hydrogen (secondary N) is 3. The van der Waals surface area contributed by atoms with E-state index in [4.69, 9.17) is 4.74 Å². The van der Waals surface area contributed by atoms with Crippen LogP contribution < -0.4 is 20.7 Å². The molecule has 0 saturated carbocycles. The van der Waals surface area contributed by atoms with E-state index in [0.717, 1.165) is 0 Å². The third-order valence-corrected chi connectivity index (χ3v) is 3.89. The molecule has 0 fully saturated rings. The van der Waals surface area contributed by atoms with Crippen molar-refractivity contribution >= 4 is 17.6 Å². The SMILES string of the molecule is COCCNc1nc(-c2cccc(OC(F)(F)F)c2)ccc1C(=O)NCCNC(C)=O. The van der Waals surface area contributed by atoms with Crippen LogP contribution in [0.4, 0.5) is 19.0 Å². The molecule has 8 nitrogen and oxygen atoms in total. The quantitative estimate of drug-likeness (QED) is 0.491. The summed E-state index contributed by atoms with van der Waals surface area (Å²) in [4.78, 5) is 27.8. The Kier molecular flexibility index (Phi) is 8.62. The molecule has 168 valence electrons. The Morgan fingerprint density at radius 1 is 1.06 bits per heavy atom. The third-order valence-electron chi connectivity index (χ3n) is 3.89. The van der Waals surface area contributed by atoms with E-state index in [2.05, 4.69) is 25.7 Å². The largest absolute Gasteiger partial charge is 0.573 e. The number of ether oxygens (including phenoxy) is 2. The van der Waals surface area contributed by atoms with Gasteiger partial charge in [0.2, 0.25) is 5.91 Å². The van der Waals surface area contributed by atoms with Crippen molar-refractivity contribution in [3.63, 3.8) is 0 Å². The fourth-order valence-electron chi connectivity index (χ4n) is 2.57. The molecule has 0 unspecified atom stereocenters. The van der Waals surface area contributed by atoms with Gasteiger partial charge in [0.15, 0.2) is 0 Å². The van der Waals surface area contributed by atoms with Gasteiger partial charge in [-0.15, -0.1) is 13.2 Å². The maximum atomic E-state index is 12.5. The maximum absolute atomic E-state index is 12.5. The molecular formula is C20H23F3N4O4. The number of alkyl halides is 3. The maximum Gasteiger partial charge on any atom is 0.573 e. The van der Waals surface area contributed by atoms with Gasteiger partial charge in [0.25, 0.3) is 5.91 Å². The van der Waals surface area contributed by atoms with Crippen molar-refractivity contribution < 1.29 is 32.2 Å². The highest BCUT2D eigenvalue weighted by atomic mass is 19.4. The van der Waals surface area contributed by atoms with Crippen LogP contribution in [0.2, 0.25) is 0 Å². The first-order valence-corrected chi connectivity index (χ1v) is 9.32. The standard InChI is InChI=1S/C20H23F3N4O4/c1-13(28)24-8-9-26-19(29)16-6-7-17(27-18(16)25-10-11-30-2)14-4-3-5-15(12-14)31-20(21,22)23/h3-7,12H,8-11H2,1-2H3,(H,24,28)(H,25,27)(H,26,29). The second kappa shape index (κ2) is 11.2. The number of pyridine rings is 1. The van der Waals surface area contributed by atoms with Crippen LogP contribution in [-0.4, -0.2) is 56.5 Å². The van der Waals surface area contributed by atoms with E-state index < -0.39 is 12.3 Å². The summed E-state index contributed by atoms with van der Waals surface area (Å²) in [5, 5.41) is 8.23. The number of carbonyl (C=O) groups excluding carboxylic acids is 2. The fourth-order valence-corrected chi connectivity index (χ4v) is 2.57. The van der Waals surface area contributed by atoms with Crippen LogP contribution in [0.3, 0.4) is 0 Å². The predicted octanol–water partition coefficient (Wildman–Crippen LogP) is 2.57. The van der Waals surface area contributed by atoms with Gasteiger partial charge < -0.3 is 25.4 Å². The first-order valence-electron chi connectivity index (χ1n) is 9.32. The number of anilines is 1. The fraction of sp³-hybridized carbons (Fsp3) is 0.350. The molecule has 1 aromatic carbocycles. The van der Waals surface area contributed by atoms with Gasteiger partial charge in [0.1, 0.15) is 11.6 Å². The van der Waals surface area contributed by atoms with Gasteiger partial charge in [-0.3, -0.25) is 9.59 Å². The molecule has 0 aliphatic rings. The van der Waals surface area contributed by atoms with Crippen LogP contribution in [0.5, 0.6) is 5.75 Å². The van der Waals surface area contributed by atoms with Crippen LogP contribution in [0.25, 0.3) is 11.3 Å². The molecular weight excluding hydrogens is 417 g/mol. The molecule has 0 atom stereocenters. The summed E-state index contributed by atoms with van der Waals surface area (Å²) < 4.78 is 46.4. The number of hydrogen-bond donors (Lipinski definition) is 3. The van der Waals surface area contributed by atoms with Gasteiger partial charge in [-0.05, 0) is 24.3 Å². The normalized spacial score (nSPS) is 11.0. The molecule has 2 amide bonds. The van der Waals surface area contributed by atoms with Gasteiger partial charge in [-0.25, -0.2) is 4.98 Å². The summed E-state index contributed by atoms with van der Waals surface area (Å²) in [5.41, 5.74) is 0.974. The molecule has 0 radical (unpaired) electrons. The number of hydrogen-bond acceptors (Lipinski definition) is 6. The molecule has 2 rings (SSSR count). The summed E-state index contributed by atoms with van der Waals surface area (Å²) in [7, 11) is 1.52. The van der Waals surface area contributed by atoms with Crippen molar-refractivity contribution in [2.75, 3.05) is 38.7 Å². The minimum absolute atomic E-state index is 0.209. The first-order chi connectivity index (χ1) is 14.7. The zero-order valence-electron chi connectivity index (χ0n) is 17.0. The average Bonchev–Trinajstić information content (AvgIpc) is 2.70. The number of nitrogens with zero attached hydrogens (tertiary/aromatic N) is 1. The summed E-state index contributed by atoms with van der Waals surface area (Å²) in [6, 6.07) is 8.43. The number of carbonyl (C=O) groups is 2. The monoisotopic (exact) mass is 440 g/mol. The van der Waals surface area contributed by atoms with Gasteiger partial charge in [-0.1, -0.05) is 12.1 Å². The Balaban J connectivity index is 2.24. The van der Waals surface area contributed by atoms with Crippen molar-refractivity contribution in [2.24, 2.45) is 0 Å². The number of amides is 2. The Labute approximate surface area is 177 Å². The minimum atomic E-state index is -4.81. The molecule has 11 heteroatoms. The molecule has 0 aliphatic carbocycles. The molecule has 1 aromatic heterocycles. The van der Waals surface area contributed by atoms with E-state index in [9.17, 15) is 22.8 Å². The molecule has 1 heterocycles. The zero-order chi connectivity index (χ0) is 22.9. The highest BCUT2D eigenvalue weighted by molar-refractivity contribution is 5.99. The Morgan fingerprint density at radius 2 is 1.81 bits per heavy atom. The molecule has 0 spiro atoms. The van der Waals surface area contributed by atoms with Crippen LogP contribution >= 0.6 is 0 Å². The number of benzene rings is 1. The third kappa shape index (κ3) is 8.13. The first kappa shape index (κ1) is 23.9. The van der Waals surface area contributed by atoms with Crippen LogP contribution in [-0.2, 0) is 9.53 Å². The summed E-state index contributed by atoms with van der Waals surface area (Å²) in [6.45, 7) is 2.57. The Hall–Kier alpha value is -3.34. The van der Waals surface area contributed by atoms with Gasteiger partial charge in [-0.2, -0.15) is 0 Å². The smallest absolute Gasteiger partial charge is 0.406 e. The molecule has 2 aromatic rings. The van der Waals surface area contributed by atoms with E-state index in [-0.39, 0.29) is 36.1 Å². The van der Waals surface area contributed by atoms with Crippen LogP contribution in [0.1, 0.15) is 17.3 Å². The van der Waals surface area contributed by atoms with Crippen molar-refractivity contribution in [2.45, 2.75) is 13.3 Å². The topological polar surface area (TPSA) is 102 Å². The Morgan fingerprint density at radius 3 is 2.48 bits per heavy atom. The van der Waals surface area contributed by atoms with Crippen molar-refractivity contribution in [3.8, 4) is 17.0 Å². The van der Waals surface area contributed by atoms with E-state index in [1.54, 1.807) is 6.07 Å². The predicted molar refractivity (Wildman–Crippen MR) is 108 cm³/mol. The second-order valence-electron chi connectivity index (χ2n) is 6.33. The van der Waals surface area contributed by atoms with Gasteiger partial charge in [0.05, 0.1) is 17.9 Å². The second-order valence-corrected chi connectivity index (χ2v) is 6.33. The lowest BCUT2D eigenvalue weighted by atomic mass is 10.1. The lowest BCUT2D eigenvalue weighted by Gasteiger charge is -2.14. The minimum Gasteiger partial charge on any atom is -0.406 e. The molecule has 0 saturated heterocycles. The summed E-state index contributed by atoms with van der Waals surface area (Å²) in [6.07, 6.45) is -4.81. The van der Waals surface area contributed by atoms with Crippen LogP contribution in [0.15, 0.2) is 36.4 Å². The van der Waals surface area contributed by atoms with E-state index in [1.807, 2.05) is 0 Å². The van der Waals surface area contributed by atoms with Crippen LogP contribution in [0, 0.1) is 0 Å². The van der Waals surface area contributed by atoms with E-state index in [1.165, 1.54) is 44.4 Å². The van der Waals surface area contributed by atoms with Gasteiger partial charge >= 0.3 is 6.36 Å². The van der Waals surface area contributed by atoms with Crippen molar-refractivity contribution in [3.05, 3.63) is 42.0 Å². The van der Waals surface area contributed by atoms with Gasteiger partial charge in [0, 0.05) is 39.2 Å². The van der Waals surface area contributed by atoms with Crippen molar-refractivity contribution in [1.82, 2.24) is 15.6 Å². The summed E-state index contributed by atoms with van der Waals surface area (Å²) in [5.74, 6) is -0.758. The lowest BCUT2D eigenvalue weighted by molar-refractivity contribution is -0.274. The Bertz CT molecular complexity index is 906. The number of aromatic nitrogens is 1. The molecule has 0 aliphatic heterocycles. The average molecular weight is 440 g/mol. The highest BCUT2D eigenvalue weighted by Gasteiger charge is 2.31. The molecule has 3 N–H and O–H groups in total.